The molecule has 0 atom stereocenters. The minimum Gasteiger partial charge on any atom is -0.334 e. The Bertz CT molecular complexity index is 471. The van der Waals surface area contributed by atoms with Crippen LogP contribution in [0, 0.1) is 11.3 Å². The number of nitrogens with zero attached hydrogens (tertiary/aromatic N) is 2. The average molecular weight is 226 g/mol. The van der Waals surface area contributed by atoms with Gasteiger partial charge in [0.1, 0.15) is 0 Å². The lowest BCUT2D eigenvalue weighted by Crippen LogP contribution is -2.24. The quantitative estimate of drug-likeness (QED) is 0.742. The van der Waals surface area contributed by atoms with E-state index in [4.69, 9.17) is 5.26 Å². The molecule has 3 nitrogen and oxygen atoms in total. The van der Waals surface area contributed by atoms with Gasteiger partial charge < -0.3 is 4.90 Å². The van der Waals surface area contributed by atoms with E-state index in [1.165, 1.54) is 0 Å². The van der Waals surface area contributed by atoms with E-state index < -0.39 is 0 Å². The van der Waals surface area contributed by atoms with Crippen LogP contribution in [0.4, 0.5) is 0 Å². The molecule has 1 aromatic carbocycles. The van der Waals surface area contributed by atoms with Gasteiger partial charge in [-0.05, 0) is 12.0 Å². The van der Waals surface area contributed by atoms with Crippen molar-refractivity contribution in [1.82, 2.24) is 4.90 Å². The molecule has 2 rings (SSSR count). The minimum atomic E-state index is 0.0732. The van der Waals surface area contributed by atoms with Crippen molar-refractivity contribution >= 4 is 5.91 Å². The van der Waals surface area contributed by atoms with Gasteiger partial charge in [-0.25, -0.2) is 0 Å². The second-order valence-corrected chi connectivity index (χ2v) is 4.05. The van der Waals surface area contributed by atoms with Gasteiger partial charge >= 0.3 is 0 Å². The molecule has 1 fully saturated rings. The Morgan fingerprint density at radius 1 is 1.35 bits per heavy atom. The van der Waals surface area contributed by atoms with Crippen LogP contribution in [0.2, 0.25) is 0 Å². The third-order valence-electron chi connectivity index (χ3n) is 2.87. The maximum absolute atomic E-state index is 12.0. The lowest BCUT2D eigenvalue weighted by Gasteiger charge is -2.14. The van der Waals surface area contributed by atoms with Crippen molar-refractivity contribution in [3.8, 4) is 6.07 Å². The van der Waals surface area contributed by atoms with Crippen molar-refractivity contribution in [2.75, 3.05) is 6.54 Å². The third kappa shape index (κ3) is 2.73. The zero-order valence-corrected chi connectivity index (χ0v) is 9.60. The largest absolute Gasteiger partial charge is 0.334 e. The molecule has 0 radical (unpaired) electrons. The van der Waals surface area contributed by atoms with Gasteiger partial charge in [-0.3, -0.25) is 4.79 Å². The van der Waals surface area contributed by atoms with E-state index >= 15 is 0 Å². The molecule has 1 aromatic rings. The Labute approximate surface area is 101 Å². The summed E-state index contributed by atoms with van der Waals surface area (Å²) in [6.45, 7) is 1.41. The Hall–Kier alpha value is -2.08. The third-order valence-corrected chi connectivity index (χ3v) is 2.87. The minimum absolute atomic E-state index is 0.0732. The Kier molecular flexibility index (Phi) is 3.56. The number of benzene rings is 1. The average Bonchev–Trinajstić information content (AvgIpc) is 2.70. The number of carbonyl (C=O) groups is 1. The fourth-order valence-corrected chi connectivity index (χ4v) is 1.98. The zero-order valence-electron chi connectivity index (χ0n) is 9.60. The first-order valence-electron chi connectivity index (χ1n) is 5.70. The van der Waals surface area contributed by atoms with Crippen LogP contribution in [0.25, 0.3) is 0 Å². The summed E-state index contributed by atoms with van der Waals surface area (Å²) in [5.74, 6) is 0.0732. The van der Waals surface area contributed by atoms with Crippen molar-refractivity contribution in [3.05, 3.63) is 47.5 Å². The van der Waals surface area contributed by atoms with E-state index in [1.54, 1.807) is 6.08 Å². The zero-order chi connectivity index (χ0) is 12.1. The van der Waals surface area contributed by atoms with Gasteiger partial charge in [0.25, 0.3) is 0 Å². The molecule has 1 heterocycles. The standard InChI is InChI=1S/C14H14N2O/c15-9-4-7-13-8-10-16(14(13)17)11-12-5-2-1-3-6-12/h1-3,5-7H,4,8,10-11H2/b13-7+. The molecule has 86 valence electrons. The maximum Gasteiger partial charge on any atom is 0.249 e. The fraction of sp³-hybridized carbons (Fsp3) is 0.286. The van der Waals surface area contributed by atoms with Gasteiger partial charge in [-0.2, -0.15) is 5.26 Å². The summed E-state index contributed by atoms with van der Waals surface area (Å²) in [5.41, 5.74) is 1.92. The highest BCUT2D eigenvalue weighted by atomic mass is 16.2. The molecule has 0 bridgehead atoms. The van der Waals surface area contributed by atoms with E-state index in [0.29, 0.717) is 13.0 Å². The number of carbonyl (C=O) groups excluding carboxylic acids is 1. The fourth-order valence-electron chi connectivity index (χ4n) is 1.98. The molecule has 3 heteroatoms. The molecule has 0 N–H and O–H groups in total. The molecule has 17 heavy (non-hydrogen) atoms. The summed E-state index contributed by atoms with van der Waals surface area (Å²) in [4.78, 5) is 13.8. The van der Waals surface area contributed by atoms with Crippen LogP contribution in [0.15, 0.2) is 42.0 Å². The normalized spacial score (nSPS) is 17.5. The van der Waals surface area contributed by atoms with Crippen LogP contribution in [-0.4, -0.2) is 17.4 Å². The number of hydrogen-bond acceptors (Lipinski definition) is 2. The number of rotatable bonds is 3. The van der Waals surface area contributed by atoms with Gasteiger partial charge in [0.2, 0.25) is 5.91 Å². The lowest BCUT2D eigenvalue weighted by atomic mass is 10.2. The molecule has 0 spiro atoms. The summed E-state index contributed by atoms with van der Waals surface area (Å²) in [7, 11) is 0. The molecule has 1 aliphatic heterocycles. The van der Waals surface area contributed by atoms with Crippen LogP contribution >= 0.6 is 0 Å². The monoisotopic (exact) mass is 226 g/mol. The summed E-state index contributed by atoms with van der Waals surface area (Å²) in [5, 5.41) is 8.49. The Balaban J connectivity index is 2.02. The predicted molar refractivity (Wildman–Crippen MR) is 64.8 cm³/mol. The van der Waals surface area contributed by atoms with Crippen LogP contribution in [-0.2, 0) is 11.3 Å². The number of amides is 1. The highest BCUT2D eigenvalue weighted by Gasteiger charge is 2.25. The first kappa shape index (κ1) is 11.4. The Morgan fingerprint density at radius 3 is 2.82 bits per heavy atom. The van der Waals surface area contributed by atoms with Crippen molar-refractivity contribution in [1.29, 1.82) is 5.26 Å². The van der Waals surface area contributed by atoms with Crippen LogP contribution in [0.1, 0.15) is 18.4 Å². The van der Waals surface area contributed by atoms with Crippen LogP contribution in [0.3, 0.4) is 0 Å². The van der Waals surface area contributed by atoms with E-state index in [1.807, 2.05) is 41.3 Å². The highest BCUT2D eigenvalue weighted by molar-refractivity contribution is 5.95. The van der Waals surface area contributed by atoms with Crippen molar-refractivity contribution in [3.63, 3.8) is 0 Å². The van der Waals surface area contributed by atoms with E-state index in [2.05, 4.69) is 0 Å². The molecule has 1 amide bonds. The SMILES string of the molecule is N#CC/C=C1\CCN(Cc2ccccc2)C1=O. The summed E-state index contributed by atoms with van der Waals surface area (Å²) < 4.78 is 0. The van der Waals surface area contributed by atoms with Gasteiger partial charge in [0.15, 0.2) is 0 Å². The first-order chi connectivity index (χ1) is 8.31. The molecule has 0 unspecified atom stereocenters. The summed E-state index contributed by atoms with van der Waals surface area (Å²) in [6.07, 6.45) is 2.82. The molecule has 0 aromatic heterocycles. The van der Waals surface area contributed by atoms with Crippen molar-refractivity contribution < 1.29 is 4.79 Å². The molecular weight excluding hydrogens is 212 g/mol. The highest BCUT2D eigenvalue weighted by Crippen LogP contribution is 2.19. The molecule has 0 aliphatic carbocycles. The molecule has 1 aliphatic rings. The smallest absolute Gasteiger partial charge is 0.249 e. The first-order valence-corrected chi connectivity index (χ1v) is 5.70. The number of likely N-dealkylation sites (tertiary alicyclic amines) is 1. The van der Waals surface area contributed by atoms with Crippen molar-refractivity contribution in [2.45, 2.75) is 19.4 Å². The molecule has 0 saturated carbocycles. The van der Waals surface area contributed by atoms with Gasteiger partial charge in [-0.1, -0.05) is 36.4 Å². The van der Waals surface area contributed by atoms with E-state index in [9.17, 15) is 4.79 Å². The topological polar surface area (TPSA) is 44.1 Å². The number of hydrogen-bond donors (Lipinski definition) is 0. The van der Waals surface area contributed by atoms with Gasteiger partial charge in [0, 0.05) is 18.7 Å². The van der Waals surface area contributed by atoms with Crippen molar-refractivity contribution in [2.24, 2.45) is 0 Å². The molecule has 1 saturated heterocycles. The molecular formula is C14H14N2O. The Morgan fingerprint density at radius 2 is 2.12 bits per heavy atom. The second kappa shape index (κ2) is 5.31. The van der Waals surface area contributed by atoms with Crippen LogP contribution in [0.5, 0.6) is 0 Å². The van der Waals surface area contributed by atoms with Gasteiger partial charge in [0.05, 0.1) is 12.5 Å². The maximum atomic E-state index is 12.0. The lowest BCUT2D eigenvalue weighted by molar-refractivity contribution is -0.125. The second-order valence-electron chi connectivity index (χ2n) is 4.05. The van der Waals surface area contributed by atoms with Gasteiger partial charge in [-0.15, -0.1) is 0 Å². The summed E-state index contributed by atoms with van der Waals surface area (Å²) in [6, 6.07) is 12.0. The number of nitriles is 1. The number of allylic oxidation sites excluding steroid dienone is 1. The predicted octanol–water partition coefficient (Wildman–Crippen LogP) is 2.26. The van der Waals surface area contributed by atoms with E-state index in [-0.39, 0.29) is 5.91 Å². The van der Waals surface area contributed by atoms with Crippen LogP contribution < -0.4 is 0 Å². The van der Waals surface area contributed by atoms with E-state index in [0.717, 1.165) is 24.1 Å². The summed E-state index contributed by atoms with van der Waals surface area (Å²) >= 11 is 0.